The van der Waals surface area contributed by atoms with Crippen LogP contribution in [0.2, 0.25) is 0 Å². The maximum atomic E-state index is 11.7. The monoisotopic (exact) mass is 341 g/mol. The number of hydrogen-bond donors (Lipinski definition) is 1. The van der Waals surface area contributed by atoms with Crippen LogP contribution in [0, 0.1) is 0 Å². The van der Waals surface area contributed by atoms with Gasteiger partial charge in [0, 0.05) is 18.1 Å². The molecule has 0 aliphatic heterocycles. The molecule has 2 aromatic carbocycles. The Balaban J connectivity index is 2.20. The van der Waals surface area contributed by atoms with Crippen LogP contribution in [0.1, 0.15) is 10.4 Å². The molecule has 6 heteroatoms. The van der Waals surface area contributed by atoms with Crippen molar-refractivity contribution in [2.45, 2.75) is 0 Å². The van der Waals surface area contributed by atoms with Crippen LogP contribution in [0.15, 0.2) is 36.4 Å². The summed E-state index contributed by atoms with van der Waals surface area (Å²) in [6, 6.07) is 11.1. The SMILES string of the molecule is COCOc1c(OC)ccc2c(C=O)c(-c3ccc(OC)cc3)[nH]c12. The molecule has 0 fully saturated rings. The smallest absolute Gasteiger partial charge is 0.189 e. The minimum Gasteiger partial charge on any atom is -0.497 e. The van der Waals surface area contributed by atoms with Gasteiger partial charge in [0.25, 0.3) is 0 Å². The number of rotatable bonds is 7. The van der Waals surface area contributed by atoms with Crippen LogP contribution in [0.25, 0.3) is 22.2 Å². The van der Waals surface area contributed by atoms with Gasteiger partial charge in [0.2, 0.25) is 0 Å². The summed E-state index contributed by atoms with van der Waals surface area (Å²) in [7, 11) is 4.72. The zero-order valence-electron chi connectivity index (χ0n) is 14.3. The highest BCUT2D eigenvalue weighted by Crippen LogP contribution is 2.39. The topological polar surface area (TPSA) is 69.8 Å². The molecule has 1 heterocycles. The Morgan fingerprint density at radius 2 is 1.76 bits per heavy atom. The third-order valence-corrected chi connectivity index (χ3v) is 3.97. The van der Waals surface area contributed by atoms with Crippen molar-refractivity contribution >= 4 is 17.2 Å². The number of benzene rings is 2. The second kappa shape index (κ2) is 7.27. The first-order valence-electron chi connectivity index (χ1n) is 7.67. The number of aromatic amines is 1. The quantitative estimate of drug-likeness (QED) is 0.525. The predicted octanol–water partition coefficient (Wildman–Crippen LogP) is 3.65. The van der Waals surface area contributed by atoms with E-state index in [1.807, 2.05) is 30.3 Å². The van der Waals surface area contributed by atoms with Gasteiger partial charge in [0.1, 0.15) is 5.75 Å². The van der Waals surface area contributed by atoms with Crippen LogP contribution in [-0.4, -0.2) is 39.4 Å². The lowest BCUT2D eigenvalue weighted by Crippen LogP contribution is -2.01. The van der Waals surface area contributed by atoms with Gasteiger partial charge in [0.15, 0.2) is 24.6 Å². The molecule has 1 aromatic heterocycles. The van der Waals surface area contributed by atoms with Crippen molar-refractivity contribution < 1.29 is 23.7 Å². The van der Waals surface area contributed by atoms with Crippen LogP contribution in [-0.2, 0) is 4.74 Å². The Kier molecular flexibility index (Phi) is 4.90. The van der Waals surface area contributed by atoms with Gasteiger partial charge in [-0.15, -0.1) is 0 Å². The van der Waals surface area contributed by atoms with Gasteiger partial charge in [0.05, 0.1) is 25.4 Å². The van der Waals surface area contributed by atoms with E-state index < -0.39 is 0 Å². The second-order valence-corrected chi connectivity index (χ2v) is 5.33. The maximum absolute atomic E-state index is 11.7. The normalized spacial score (nSPS) is 10.7. The lowest BCUT2D eigenvalue weighted by Gasteiger charge is -2.10. The molecule has 0 amide bonds. The number of hydrogen-bond acceptors (Lipinski definition) is 5. The van der Waals surface area contributed by atoms with Crippen LogP contribution in [0.5, 0.6) is 17.2 Å². The highest BCUT2D eigenvalue weighted by Gasteiger charge is 2.19. The molecule has 0 spiro atoms. The Labute approximate surface area is 145 Å². The molecule has 1 N–H and O–H groups in total. The fourth-order valence-corrected chi connectivity index (χ4v) is 2.77. The summed E-state index contributed by atoms with van der Waals surface area (Å²) in [5, 5.41) is 0.757. The molecule has 0 bridgehead atoms. The maximum Gasteiger partial charge on any atom is 0.189 e. The van der Waals surface area contributed by atoms with Gasteiger partial charge in [-0.25, -0.2) is 0 Å². The molecule has 0 radical (unpaired) electrons. The van der Waals surface area contributed by atoms with Gasteiger partial charge < -0.3 is 23.9 Å². The fraction of sp³-hybridized carbons (Fsp3) is 0.211. The standard InChI is InChI=1S/C19H19NO5/c1-22-11-25-19-16(24-3)9-8-14-15(10-21)17(20-18(14)19)12-4-6-13(23-2)7-5-12/h4-10,20H,11H2,1-3H3. The molecular weight excluding hydrogens is 322 g/mol. The number of ether oxygens (including phenoxy) is 4. The van der Waals surface area contributed by atoms with Crippen LogP contribution in [0.3, 0.4) is 0 Å². The van der Waals surface area contributed by atoms with Gasteiger partial charge in [-0.3, -0.25) is 4.79 Å². The predicted molar refractivity (Wildman–Crippen MR) is 94.7 cm³/mol. The summed E-state index contributed by atoms with van der Waals surface area (Å²) >= 11 is 0. The van der Waals surface area contributed by atoms with Gasteiger partial charge >= 0.3 is 0 Å². The largest absolute Gasteiger partial charge is 0.497 e. The summed E-state index contributed by atoms with van der Waals surface area (Å²) in [6.45, 7) is 0.0722. The molecule has 6 nitrogen and oxygen atoms in total. The Morgan fingerprint density at radius 1 is 1.00 bits per heavy atom. The highest BCUT2D eigenvalue weighted by molar-refractivity contribution is 6.06. The molecule has 3 rings (SSSR count). The van der Waals surface area contributed by atoms with Crippen molar-refractivity contribution in [3.8, 4) is 28.5 Å². The molecular formula is C19H19NO5. The first kappa shape index (κ1) is 16.9. The van der Waals surface area contributed by atoms with Gasteiger partial charge in [-0.1, -0.05) is 0 Å². The molecule has 3 aromatic rings. The minimum absolute atomic E-state index is 0.0722. The fourth-order valence-electron chi connectivity index (χ4n) is 2.77. The molecule has 0 unspecified atom stereocenters. The van der Waals surface area contributed by atoms with E-state index in [1.165, 1.54) is 0 Å². The summed E-state index contributed by atoms with van der Waals surface area (Å²) in [6.07, 6.45) is 0.838. The molecule has 0 aliphatic carbocycles. The van der Waals surface area contributed by atoms with Crippen molar-refractivity contribution in [1.29, 1.82) is 0 Å². The van der Waals surface area contributed by atoms with E-state index in [-0.39, 0.29) is 6.79 Å². The zero-order valence-corrected chi connectivity index (χ0v) is 14.3. The van der Waals surface area contributed by atoms with E-state index in [2.05, 4.69) is 4.98 Å². The molecule has 0 aliphatic rings. The lowest BCUT2D eigenvalue weighted by molar-refractivity contribution is 0.0502. The summed E-state index contributed by atoms with van der Waals surface area (Å²) < 4.78 is 21.2. The average Bonchev–Trinajstić information content (AvgIpc) is 3.04. The van der Waals surface area contributed by atoms with Crippen molar-refractivity contribution in [3.05, 3.63) is 42.0 Å². The first-order chi connectivity index (χ1) is 12.2. The van der Waals surface area contributed by atoms with E-state index in [1.54, 1.807) is 27.4 Å². The van der Waals surface area contributed by atoms with Gasteiger partial charge in [-0.2, -0.15) is 0 Å². The molecule has 130 valence electrons. The summed E-state index contributed by atoms with van der Waals surface area (Å²) in [5.74, 6) is 1.81. The van der Waals surface area contributed by atoms with Crippen LogP contribution >= 0.6 is 0 Å². The highest BCUT2D eigenvalue weighted by atomic mass is 16.7. The van der Waals surface area contributed by atoms with Crippen molar-refractivity contribution in [1.82, 2.24) is 4.98 Å². The Bertz CT molecular complexity index is 883. The van der Waals surface area contributed by atoms with E-state index in [4.69, 9.17) is 18.9 Å². The van der Waals surface area contributed by atoms with Crippen molar-refractivity contribution in [2.24, 2.45) is 0 Å². The number of aromatic nitrogens is 1. The third-order valence-electron chi connectivity index (χ3n) is 3.97. The molecule has 0 atom stereocenters. The number of nitrogens with one attached hydrogen (secondary N) is 1. The van der Waals surface area contributed by atoms with Gasteiger partial charge in [-0.05, 0) is 42.0 Å². The average molecular weight is 341 g/mol. The number of fused-ring (bicyclic) bond motifs is 1. The van der Waals surface area contributed by atoms with Crippen molar-refractivity contribution in [3.63, 3.8) is 0 Å². The van der Waals surface area contributed by atoms with E-state index >= 15 is 0 Å². The number of carbonyl (C=O) groups is 1. The number of methoxy groups -OCH3 is 3. The second-order valence-electron chi connectivity index (χ2n) is 5.33. The lowest BCUT2D eigenvalue weighted by atomic mass is 10.1. The molecule has 25 heavy (non-hydrogen) atoms. The molecule has 0 saturated carbocycles. The van der Waals surface area contributed by atoms with Crippen LogP contribution < -0.4 is 14.2 Å². The number of aldehydes is 1. The Morgan fingerprint density at radius 3 is 2.36 bits per heavy atom. The summed E-state index contributed by atoms with van der Waals surface area (Å²) in [5.41, 5.74) is 2.83. The van der Waals surface area contributed by atoms with E-state index in [0.29, 0.717) is 28.3 Å². The number of carbonyl (C=O) groups excluding carboxylic acids is 1. The van der Waals surface area contributed by atoms with Crippen molar-refractivity contribution in [2.75, 3.05) is 28.1 Å². The first-order valence-corrected chi connectivity index (χ1v) is 7.67. The minimum atomic E-state index is 0.0722. The van der Waals surface area contributed by atoms with E-state index in [0.717, 1.165) is 23.0 Å². The Hall–Kier alpha value is -2.99. The zero-order chi connectivity index (χ0) is 17.8. The third kappa shape index (κ3) is 3.04. The number of H-pyrrole nitrogens is 1. The summed E-state index contributed by atoms with van der Waals surface area (Å²) in [4.78, 5) is 15.0. The van der Waals surface area contributed by atoms with Crippen LogP contribution in [0.4, 0.5) is 0 Å². The van der Waals surface area contributed by atoms with E-state index in [9.17, 15) is 4.79 Å². The molecule has 0 saturated heterocycles.